The molecule has 2 aliphatic rings. The number of ether oxygens (including phenoxy) is 1. The Morgan fingerprint density at radius 1 is 1.29 bits per heavy atom. The number of carbonyl (C=O) groups excluding carboxylic acids is 1. The highest BCUT2D eigenvalue weighted by Crippen LogP contribution is 2.30. The molecule has 1 amide bonds. The average Bonchev–Trinajstić information content (AvgIpc) is 2.86. The van der Waals surface area contributed by atoms with Gasteiger partial charge in [-0.1, -0.05) is 20.3 Å². The van der Waals surface area contributed by atoms with Crippen molar-refractivity contribution < 1.29 is 24.9 Å². The Bertz CT molecular complexity index is 513. The largest absolute Gasteiger partial charge is 0.388 e. The molecule has 0 aromatic carbocycles. The number of alkyl halides is 1. The van der Waals surface area contributed by atoms with Gasteiger partial charge in [0.2, 0.25) is 5.91 Å². The quantitative estimate of drug-likeness (QED) is 0.388. The predicted molar refractivity (Wildman–Crippen MR) is 111 cm³/mol. The normalized spacial score (nSPS) is 41.7. The summed E-state index contributed by atoms with van der Waals surface area (Å²) < 4.78 is 5.80. The van der Waals surface area contributed by atoms with Gasteiger partial charge in [-0.2, -0.15) is 0 Å². The summed E-state index contributed by atoms with van der Waals surface area (Å²) in [7, 11) is 0. The second-order valence-corrected chi connectivity index (χ2v) is 9.70. The SMILES string of the molecule is CCC1CCC(C(=O)NC(C(C)Cl)[C@H]2O[C@H](SC)[C@H](O)[C@@H](O)[C@H]2O)NCC1C. The van der Waals surface area contributed by atoms with Crippen LogP contribution in [0.4, 0.5) is 0 Å². The minimum Gasteiger partial charge on any atom is -0.388 e. The summed E-state index contributed by atoms with van der Waals surface area (Å²) in [5, 5.41) is 36.4. The number of rotatable bonds is 6. The summed E-state index contributed by atoms with van der Waals surface area (Å²) in [5.41, 5.74) is -0.708. The van der Waals surface area contributed by atoms with Crippen LogP contribution in [-0.2, 0) is 9.53 Å². The third kappa shape index (κ3) is 5.53. The van der Waals surface area contributed by atoms with Crippen LogP contribution >= 0.6 is 23.4 Å². The van der Waals surface area contributed by atoms with Crippen LogP contribution in [0.3, 0.4) is 0 Å². The smallest absolute Gasteiger partial charge is 0.237 e. The Morgan fingerprint density at radius 2 is 1.96 bits per heavy atom. The maximum Gasteiger partial charge on any atom is 0.237 e. The van der Waals surface area contributed by atoms with Crippen LogP contribution in [0.1, 0.15) is 40.0 Å². The van der Waals surface area contributed by atoms with E-state index in [2.05, 4.69) is 24.5 Å². The molecular formula is C19H35ClN2O5S. The number of hydrogen-bond donors (Lipinski definition) is 5. The highest BCUT2D eigenvalue weighted by Gasteiger charge is 2.48. The van der Waals surface area contributed by atoms with E-state index < -0.39 is 41.3 Å². The summed E-state index contributed by atoms with van der Waals surface area (Å²) in [4.78, 5) is 12.9. The zero-order valence-corrected chi connectivity index (χ0v) is 18.6. The van der Waals surface area contributed by atoms with Gasteiger partial charge in [0.15, 0.2) is 0 Å². The highest BCUT2D eigenvalue weighted by molar-refractivity contribution is 7.99. The first-order chi connectivity index (χ1) is 13.2. The van der Waals surface area contributed by atoms with E-state index in [1.807, 2.05) is 0 Å². The molecule has 0 aliphatic carbocycles. The Hall–Kier alpha value is -0.0900. The van der Waals surface area contributed by atoms with Gasteiger partial charge in [0.25, 0.3) is 0 Å². The first-order valence-corrected chi connectivity index (χ1v) is 11.8. The predicted octanol–water partition coefficient (Wildman–Crippen LogP) is 0.683. The molecule has 2 fully saturated rings. The van der Waals surface area contributed by atoms with Crippen molar-refractivity contribution in [1.82, 2.24) is 10.6 Å². The third-order valence-corrected chi connectivity index (χ3v) is 7.28. The minimum atomic E-state index is -1.37. The number of hydrogen-bond acceptors (Lipinski definition) is 7. The molecule has 9 heteroatoms. The molecular weight excluding hydrogens is 404 g/mol. The molecule has 5 unspecified atom stereocenters. The zero-order chi connectivity index (χ0) is 21.0. The van der Waals surface area contributed by atoms with Gasteiger partial charge in [0, 0.05) is 0 Å². The second kappa shape index (κ2) is 10.8. The van der Waals surface area contributed by atoms with Gasteiger partial charge in [0.1, 0.15) is 29.9 Å². The van der Waals surface area contributed by atoms with Crippen LogP contribution in [-0.4, -0.2) is 81.3 Å². The molecule has 0 bridgehead atoms. The molecule has 2 heterocycles. The van der Waals surface area contributed by atoms with Gasteiger partial charge >= 0.3 is 0 Å². The molecule has 10 atom stereocenters. The van der Waals surface area contributed by atoms with Crippen molar-refractivity contribution in [1.29, 1.82) is 0 Å². The lowest BCUT2D eigenvalue weighted by molar-refractivity contribution is -0.205. The maximum atomic E-state index is 12.9. The molecule has 0 radical (unpaired) electrons. The molecule has 0 saturated carbocycles. The first kappa shape index (κ1) is 24.2. The fraction of sp³-hybridized carbons (Fsp3) is 0.947. The molecule has 2 rings (SSSR count). The minimum absolute atomic E-state index is 0.182. The van der Waals surface area contributed by atoms with Gasteiger partial charge in [-0.15, -0.1) is 23.4 Å². The van der Waals surface area contributed by atoms with Crippen molar-refractivity contribution in [2.24, 2.45) is 11.8 Å². The van der Waals surface area contributed by atoms with Crippen molar-refractivity contribution in [2.45, 2.75) is 87.3 Å². The van der Waals surface area contributed by atoms with Gasteiger partial charge in [-0.3, -0.25) is 4.79 Å². The summed E-state index contributed by atoms with van der Waals surface area (Å²) in [6, 6.07) is -1.03. The third-order valence-electron chi connectivity index (χ3n) is 6.15. The molecule has 2 aliphatic heterocycles. The Balaban J connectivity index is 2.08. The van der Waals surface area contributed by atoms with Crippen LogP contribution < -0.4 is 10.6 Å². The number of aliphatic hydroxyl groups is 3. The number of aliphatic hydroxyl groups excluding tert-OH is 3. The molecule has 0 aromatic rings. The number of nitrogens with one attached hydrogen (secondary N) is 2. The Kier molecular flexibility index (Phi) is 9.32. The summed E-state index contributed by atoms with van der Waals surface area (Å²) in [6.45, 7) is 6.87. The number of amides is 1. The molecule has 0 aromatic heterocycles. The maximum absolute atomic E-state index is 12.9. The summed E-state index contributed by atoms with van der Waals surface area (Å²) in [6.07, 6.45) is -0.290. The molecule has 5 N–H and O–H groups in total. The van der Waals surface area contributed by atoms with E-state index in [1.54, 1.807) is 13.2 Å². The van der Waals surface area contributed by atoms with Crippen LogP contribution in [0.2, 0.25) is 0 Å². The van der Waals surface area contributed by atoms with Gasteiger partial charge in [-0.05, 0) is 44.4 Å². The standard InChI is InChI=1S/C19H35ClN2O5S/c1-5-11-6-7-12(21-8-9(11)2)18(26)22-13(10(3)20)17-15(24)14(23)16(25)19(27-17)28-4/h9-17,19,21,23-25H,5-8H2,1-4H3,(H,22,26)/t9?,10?,11?,12?,13?,14-,15+,16+,17+,19+/m0/s1. The molecule has 164 valence electrons. The zero-order valence-electron chi connectivity index (χ0n) is 17.0. The van der Waals surface area contributed by atoms with Crippen molar-refractivity contribution in [2.75, 3.05) is 12.8 Å². The van der Waals surface area contributed by atoms with Gasteiger partial charge in [0.05, 0.1) is 17.5 Å². The second-order valence-electron chi connectivity index (χ2n) is 8.07. The van der Waals surface area contributed by atoms with Crippen LogP contribution in [0.5, 0.6) is 0 Å². The van der Waals surface area contributed by atoms with E-state index >= 15 is 0 Å². The first-order valence-electron chi connectivity index (χ1n) is 10.1. The van der Waals surface area contributed by atoms with Crippen molar-refractivity contribution in [3.63, 3.8) is 0 Å². The highest BCUT2D eigenvalue weighted by atomic mass is 35.5. The van der Waals surface area contributed by atoms with Gasteiger partial charge < -0.3 is 30.7 Å². The number of carbonyl (C=O) groups is 1. The molecule has 28 heavy (non-hydrogen) atoms. The molecule has 0 spiro atoms. The Labute approximate surface area is 176 Å². The summed E-state index contributed by atoms with van der Waals surface area (Å²) in [5.74, 6) is 0.919. The van der Waals surface area contributed by atoms with Crippen LogP contribution in [0.15, 0.2) is 0 Å². The average molecular weight is 439 g/mol. The lowest BCUT2D eigenvalue weighted by atomic mass is 9.88. The van der Waals surface area contributed by atoms with Crippen LogP contribution in [0.25, 0.3) is 0 Å². The van der Waals surface area contributed by atoms with E-state index in [4.69, 9.17) is 16.3 Å². The monoisotopic (exact) mass is 438 g/mol. The molecule has 2 saturated heterocycles. The molecule has 7 nitrogen and oxygen atoms in total. The summed E-state index contributed by atoms with van der Waals surface area (Å²) >= 11 is 7.56. The van der Waals surface area contributed by atoms with E-state index in [1.165, 1.54) is 11.8 Å². The lowest BCUT2D eigenvalue weighted by Crippen LogP contribution is -2.65. The Morgan fingerprint density at radius 3 is 2.54 bits per heavy atom. The fourth-order valence-electron chi connectivity index (χ4n) is 4.18. The van der Waals surface area contributed by atoms with Crippen molar-refractivity contribution in [3.05, 3.63) is 0 Å². The lowest BCUT2D eigenvalue weighted by Gasteiger charge is -2.44. The van der Waals surface area contributed by atoms with Gasteiger partial charge in [-0.25, -0.2) is 0 Å². The van der Waals surface area contributed by atoms with E-state index in [0.29, 0.717) is 11.8 Å². The number of halogens is 1. The van der Waals surface area contributed by atoms with E-state index in [-0.39, 0.29) is 11.9 Å². The van der Waals surface area contributed by atoms with E-state index in [0.717, 1.165) is 25.8 Å². The van der Waals surface area contributed by atoms with Crippen LogP contribution in [0, 0.1) is 11.8 Å². The van der Waals surface area contributed by atoms with Crippen molar-refractivity contribution >= 4 is 29.3 Å². The topological polar surface area (TPSA) is 111 Å². The van der Waals surface area contributed by atoms with E-state index in [9.17, 15) is 20.1 Å². The van der Waals surface area contributed by atoms with Crippen molar-refractivity contribution in [3.8, 4) is 0 Å². The fourth-order valence-corrected chi connectivity index (χ4v) is 5.07. The number of thioether (sulfide) groups is 1.